The topological polar surface area (TPSA) is 15.3 Å². The summed E-state index contributed by atoms with van der Waals surface area (Å²) in [5, 5.41) is 3.52. The molecule has 3 heteroatoms. The summed E-state index contributed by atoms with van der Waals surface area (Å²) in [6, 6.07) is 18.4. The van der Waals surface area contributed by atoms with Crippen molar-refractivity contribution in [3.05, 3.63) is 54.1 Å². The maximum atomic E-state index is 3.52. The first-order chi connectivity index (χ1) is 11.4. The molecule has 1 fully saturated rings. The standard InChI is InChI=1S/C21H28N2S/c1-16-15-23(14-13-22-16)19-7-5-6-8-20(19)24-18-11-9-17(10-12-18)21(2,3)4/h5-12,16,22H,13-15H2,1-4H3. The third kappa shape index (κ3) is 4.14. The molecule has 0 radical (unpaired) electrons. The van der Waals surface area contributed by atoms with Crippen molar-refractivity contribution in [2.75, 3.05) is 24.5 Å². The van der Waals surface area contributed by atoms with Gasteiger partial charge in [-0.1, -0.05) is 56.8 Å². The molecule has 1 aliphatic heterocycles. The van der Waals surface area contributed by atoms with Crippen molar-refractivity contribution >= 4 is 17.4 Å². The number of hydrogen-bond donors (Lipinski definition) is 1. The van der Waals surface area contributed by atoms with Gasteiger partial charge in [0.25, 0.3) is 0 Å². The van der Waals surface area contributed by atoms with E-state index in [9.17, 15) is 0 Å². The Hall–Kier alpha value is -1.45. The van der Waals surface area contributed by atoms with Gasteiger partial charge in [-0.2, -0.15) is 0 Å². The van der Waals surface area contributed by atoms with Crippen LogP contribution in [0.3, 0.4) is 0 Å². The van der Waals surface area contributed by atoms with E-state index in [1.807, 2.05) is 11.8 Å². The highest BCUT2D eigenvalue weighted by atomic mass is 32.2. The third-order valence-electron chi connectivity index (χ3n) is 4.52. The molecule has 1 saturated heterocycles. The van der Waals surface area contributed by atoms with Crippen LogP contribution in [0, 0.1) is 0 Å². The van der Waals surface area contributed by atoms with Crippen LogP contribution in [0.15, 0.2) is 58.3 Å². The summed E-state index contributed by atoms with van der Waals surface area (Å²) in [5.41, 5.74) is 2.95. The fourth-order valence-corrected chi connectivity index (χ4v) is 4.08. The van der Waals surface area contributed by atoms with Crippen LogP contribution in [-0.4, -0.2) is 25.7 Å². The molecule has 1 aliphatic rings. The Bertz CT molecular complexity index is 673. The zero-order valence-electron chi connectivity index (χ0n) is 15.2. The van der Waals surface area contributed by atoms with E-state index in [-0.39, 0.29) is 5.41 Å². The molecule has 1 atom stereocenters. The van der Waals surface area contributed by atoms with Crippen molar-refractivity contribution < 1.29 is 0 Å². The van der Waals surface area contributed by atoms with E-state index in [2.05, 4.69) is 86.4 Å². The van der Waals surface area contributed by atoms with Gasteiger partial charge < -0.3 is 10.2 Å². The molecule has 1 unspecified atom stereocenters. The van der Waals surface area contributed by atoms with Gasteiger partial charge in [0.15, 0.2) is 0 Å². The van der Waals surface area contributed by atoms with Gasteiger partial charge in [0.05, 0.1) is 5.69 Å². The molecule has 1 N–H and O–H groups in total. The molecular formula is C21H28N2S. The van der Waals surface area contributed by atoms with Gasteiger partial charge in [-0.3, -0.25) is 0 Å². The number of piperazine rings is 1. The molecule has 0 saturated carbocycles. The largest absolute Gasteiger partial charge is 0.368 e. The van der Waals surface area contributed by atoms with E-state index in [1.54, 1.807) is 0 Å². The zero-order chi connectivity index (χ0) is 17.2. The Kier molecular flexibility index (Phi) is 5.21. The van der Waals surface area contributed by atoms with Crippen molar-refractivity contribution in [1.29, 1.82) is 0 Å². The second-order valence-electron chi connectivity index (χ2n) is 7.65. The first-order valence-corrected chi connectivity index (χ1v) is 9.61. The van der Waals surface area contributed by atoms with Crippen molar-refractivity contribution in [2.45, 2.75) is 48.9 Å². The molecule has 128 valence electrons. The lowest BCUT2D eigenvalue weighted by Crippen LogP contribution is -2.49. The quantitative estimate of drug-likeness (QED) is 0.852. The summed E-state index contributed by atoms with van der Waals surface area (Å²) in [4.78, 5) is 5.15. The molecule has 0 bridgehead atoms. The summed E-state index contributed by atoms with van der Waals surface area (Å²) in [6.07, 6.45) is 0. The third-order valence-corrected chi connectivity index (χ3v) is 5.60. The molecule has 2 nitrogen and oxygen atoms in total. The smallest absolute Gasteiger partial charge is 0.0509 e. The van der Waals surface area contributed by atoms with Crippen molar-refractivity contribution in [3.63, 3.8) is 0 Å². The Morgan fingerprint density at radius 2 is 1.75 bits per heavy atom. The van der Waals surface area contributed by atoms with E-state index in [4.69, 9.17) is 0 Å². The molecule has 2 aromatic carbocycles. The van der Waals surface area contributed by atoms with Gasteiger partial charge in [-0.15, -0.1) is 0 Å². The zero-order valence-corrected chi connectivity index (χ0v) is 16.0. The van der Waals surface area contributed by atoms with Crippen LogP contribution in [0.4, 0.5) is 5.69 Å². The Morgan fingerprint density at radius 3 is 2.42 bits per heavy atom. The van der Waals surface area contributed by atoms with Gasteiger partial charge in [-0.05, 0) is 42.2 Å². The van der Waals surface area contributed by atoms with Gasteiger partial charge in [-0.25, -0.2) is 0 Å². The molecule has 1 heterocycles. The van der Waals surface area contributed by atoms with E-state index in [0.29, 0.717) is 6.04 Å². The normalized spacial score (nSPS) is 18.7. The van der Waals surface area contributed by atoms with E-state index in [0.717, 1.165) is 19.6 Å². The number of para-hydroxylation sites is 1. The average molecular weight is 341 g/mol. The van der Waals surface area contributed by atoms with Gasteiger partial charge in [0.2, 0.25) is 0 Å². The number of anilines is 1. The summed E-state index contributed by atoms with van der Waals surface area (Å²) >= 11 is 1.87. The monoisotopic (exact) mass is 340 g/mol. The Morgan fingerprint density at radius 1 is 1.04 bits per heavy atom. The molecule has 2 aromatic rings. The van der Waals surface area contributed by atoms with Crippen molar-refractivity contribution in [3.8, 4) is 0 Å². The van der Waals surface area contributed by atoms with Crippen LogP contribution >= 0.6 is 11.8 Å². The van der Waals surface area contributed by atoms with Gasteiger partial charge >= 0.3 is 0 Å². The highest BCUT2D eigenvalue weighted by molar-refractivity contribution is 7.99. The van der Waals surface area contributed by atoms with Crippen LogP contribution in [0.2, 0.25) is 0 Å². The summed E-state index contributed by atoms with van der Waals surface area (Å²) in [7, 11) is 0. The summed E-state index contributed by atoms with van der Waals surface area (Å²) in [5.74, 6) is 0. The molecule has 0 amide bonds. The second-order valence-corrected chi connectivity index (χ2v) is 8.76. The molecule has 0 aliphatic carbocycles. The van der Waals surface area contributed by atoms with Gasteiger partial charge in [0.1, 0.15) is 0 Å². The first-order valence-electron chi connectivity index (χ1n) is 8.79. The highest BCUT2D eigenvalue weighted by Gasteiger charge is 2.19. The molecular weight excluding hydrogens is 312 g/mol. The Balaban J connectivity index is 1.80. The lowest BCUT2D eigenvalue weighted by atomic mass is 9.87. The number of nitrogens with one attached hydrogen (secondary N) is 1. The van der Waals surface area contributed by atoms with Crippen LogP contribution in [0.5, 0.6) is 0 Å². The predicted octanol–water partition coefficient (Wildman–Crippen LogP) is 4.93. The van der Waals surface area contributed by atoms with Crippen molar-refractivity contribution in [1.82, 2.24) is 5.32 Å². The first kappa shape index (κ1) is 17.4. The number of rotatable bonds is 3. The number of nitrogens with zero attached hydrogens (tertiary/aromatic N) is 1. The minimum Gasteiger partial charge on any atom is -0.368 e. The SMILES string of the molecule is CC1CN(c2ccccc2Sc2ccc(C(C)(C)C)cc2)CCN1. The van der Waals surface area contributed by atoms with Crippen LogP contribution in [-0.2, 0) is 5.41 Å². The molecule has 3 rings (SSSR count). The minimum absolute atomic E-state index is 0.206. The van der Waals surface area contributed by atoms with E-state index < -0.39 is 0 Å². The summed E-state index contributed by atoms with van der Waals surface area (Å²) in [6.45, 7) is 12.2. The van der Waals surface area contributed by atoms with Crippen molar-refractivity contribution in [2.24, 2.45) is 0 Å². The minimum atomic E-state index is 0.206. The maximum absolute atomic E-state index is 3.52. The predicted molar refractivity (Wildman–Crippen MR) is 105 cm³/mol. The average Bonchev–Trinajstić information content (AvgIpc) is 2.55. The lowest BCUT2D eigenvalue weighted by Gasteiger charge is -2.34. The Labute approximate surface area is 150 Å². The summed E-state index contributed by atoms with van der Waals surface area (Å²) < 4.78 is 0. The molecule has 24 heavy (non-hydrogen) atoms. The highest BCUT2D eigenvalue weighted by Crippen LogP contribution is 2.36. The van der Waals surface area contributed by atoms with Crippen LogP contribution < -0.4 is 10.2 Å². The fourth-order valence-electron chi connectivity index (χ4n) is 3.11. The number of hydrogen-bond acceptors (Lipinski definition) is 3. The molecule has 0 spiro atoms. The maximum Gasteiger partial charge on any atom is 0.0509 e. The fraction of sp³-hybridized carbons (Fsp3) is 0.429. The van der Waals surface area contributed by atoms with Crippen LogP contribution in [0.25, 0.3) is 0 Å². The van der Waals surface area contributed by atoms with Gasteiger partial charge in [0, 0.05) is 35.5 Å². The lowest BCUT2D eigenvalue weighted by molar-refractivity contribution is 0.483. The second kappa shape index (κ2) is 7.20. The molecule has 0 aromatic heterocycles. The van der Waals surface area contributed by atoms with E-state index in [1.165, 1.54) is 21.0 Å². The van der Waals surface area contributed by atoms with E-state index >= 15 is 0 Å². The number of benzene rings is 2. The van der Waals surface area contributed by atoms with Crippen LogP contribution in [0.1, 0.15) is 33.3 Å².